The zero-order valence-electron chi connectivity index (χ0n) is 16.4. The molecule has 0 heterocycles. The van der Waals surface area contributed by atoms with Gasteiger partial charge in [0, 0.05) is 19.2 Å². The minimum absolute atomic E-state index is 0.132. The van der Waals surface area contributed by atoms with Crippen molar-refractivity contribution in [3.05, 3.63) is 76.9 Å². The highest BCUT2D eigenvalue weighted by Crippen LogP contribution is 2.12. The number of hydrogen-bond acceptors (Lipinski definition) is 3. The fraction of sp³-hybridized carbons (Fsp3) is 0.304. The van der Waals surface area contributed by atoms with Crippen molar-refractivity contribution in [2.75, 3.05) is 13.7 Å². The van der Waals surface area contributed by atoms with E-state index >= 15 is 0 Å². The predicted molar refractivity (Wildman–Crippen MR) is 108 cm³/mol. The third kappa shape index (κ3) is 6.41. The summed E-state index contributed by atoms with van der Waals surface area (Å²) in [5.74, 6) is -0.844. The topological polar surface area (TPSA) is 46.6 Å². The van der Waals surface area contributed by atoms with Crippen LogP contribution in [0.15, 0.2) is 54.6 Å². The zero-order chi connectivity index (χ0) is 19.8. The lowest BCUT2D eigenvalue weighted by Crippen LogP contribution is -2.35. The Bertz CT molecular complexity index is 791. The van der Waals surface area contributed by atoms with Gasteiger partial charge in [-0.25, -0.2) is 0 Å². The summed E-state index contributed by atoms with van der Waals surface area (Å²) in [5.41, 5.74) is 4.32. The lowest BCUT2D eigenvalue weighted by molar-refractivity contribution is -0.146. The van der Waals surface area contributed by atoms with E-state index in [4.69, 9.17) is 4.74 Å². The molecule has 142 valence electrons. The molecule has 1 unspecified atom stereocenters. The summed E-state index contributed by atoms with van der Waals surface area (Å²) in [7, 11) is 1.36. The molecule has 2 aromatic carbocycles. The van der Waals surface area contributed by atoms with E-state index in [9.17, 15) is 9.59 Å². The summed E-state index contributed by atoms with van der Waals surface area (Å²) in [6.07, 6.45) is 3.36. The number of amides is 1. The van der Waals surface area contributed by atoms with Crippen molar-refractivity contribution in [3.63, 3.8) is 0 Å². The summed E-state index contributed by atoms with van der Waals surface area (Å²) in [5, 5.41) is 0. The van der Waals surface area contributed by atoms with E-state index in [1.807, 2.05) is 62.4 Å². The van der Waals surface area contributed by atoms with Gasteiger partial charge in [-0.05, 0) is 31.1 Å². The lowest BCUT2D eigenvalue weighted by Gasteiger charge is -2.24. The molecule has 1 amide bonds. The summed E-state index contributed by atoms with van der Waals surface area (Å²) in [6, 6.07) is 16.0. The number of carbonyl (C=O) groups excluding carboxylic acids is 2. The van der Waals surface area contributed by atoms with Gasteiger partial charge >= 0.3 is 5.97 Å². The molecular weight excluding hydrogens is 338 g/mol. The second-order valence-electron chi connectivity index (χ2n) is 6.87. The second kappa shape index (κ2) is 9.72. The lowest BCUT2D eigenvalue weighted by atomic mass is 10.1. The fourth-order valence-corrected chi connectivity index (χ4v) is 2.70. The highest BCUT2D eigenvalue weighted by atomic mass is 16.5. The molecule has 0 saturated carbocycles. The molecule has 0 aliphatic rings. The van der Waals surface area contributed by atoms with Crippen molar-refractivity contribution >= 4 is 18.0 Å². The van der Waals surface area contributed by atoms with E-state index in [2.05, 4.69) is 0 Å². The van der Waals surface area contributed by atoms with E-state index in [1.165, 1.54) is 18.2 Å². The van der Waals surface area contributed by atoms with Gasteiger partial charge in [0.25, 0.3) is 0 Å². The summed E-state index contributed by atoms with van der Waals surface area (Å²) in [4.78, 5) is 26.3. The Labute approximate surface area is 161 Å². The Balaban J connectivity index is 2.15. The summed E-state index contributed by atoms with van der Waals surface area (Å²) in [6.45, 7) is 6.56. The van der Waals surface area contributed by atoms with Crippen molar-refractivity contribution in [2.24, 2.45) is 5.92 Å². The zero-order valence-corrected chi connectivity index (χ0v) is 16.4. The highest BCUT2D eigenvalue weighted by Gasteiger charge is 2.20. The van der Waals surface area contributed by atoms with Crippen LogP contribution in [0.2, 0.25) is 0 Å². The first kappa shape index (κ1) is 20.4. The van der Waals surface area contributed by atoms with Crippen LogP contribution < -0.4 is 0 Å². The molecule has 0 spiro atoms. The molecule has 0 aromatic heterocycles. The van der Waals surface area contributed by atoms with E-state index in [0.29, 0.717) is 13.1 Å². The van der Waals surface area contributed by atoms with Gasteiger partial charge in [-0.1, -0.05) is 66.6 Å². The molecule has 0 fully saturated rings. The summed E-state index contributed by atoms with van der Waals surface area (Å²) < 4.78 is 4.80. The number of benzene rings is 2. The maximum atomic E-state index is 12.8. The van der Waals surface area contributed by atoms with E-state index < -0.39 is 5.92 Å². The average Bonchev–Trinajstić information content (AvgIpc) is 2.67. The Morgan fingerprint density at radius 3 is 2.11 bits per heavy atom. The highest BCUT2D eigenvalue weighted by molar-refractivity contribution is 5.92. The molecule has 27 heavy (non-hydrogen) atoms. The molecule has 0 saturated heterocycles. The molecule has 2 aromatic rings. The standard InChI is InChI=1S/C23H27NO3/c1-17-5-9-20(10-6-17)13-14-22(25)24(15-19(3)23(26)27-4)16-21-11-7-18(2)8-12-21/h5-14,19H,15-16H2,1-4H3/b14-13+. The Kier molecular flexibility index (Phi) is 7.35. The summed E-state index contributed by atoms with van der Waals surface area (Å²) >= 11 is 0. The molecule has 2 rings (SSSR count). The Hall–Kier alpha value is -2.88. The van der Waals surface area contributed by atoms with Crippen LogP contribution in [0.3, 0.4) is 0 Å². The molecule has 4 heteroatoms. The number of nitrogens with zero attached hydrogens (tertiary/aromatic N) is 1. The van der Waals surface area contributed by atoms with Crippen molar-refractivity contribution in [1.82, 2.24) is 4.90 Å². The normalized spacial score (nSPS) is 12.0. The monoisotopic (exact) mass is 365 g/mol. The van der Waals surface area contributed by atoms with Crippen LogP contribution in [0.5, 0.6) is 0 Å². The Morgan fingerprint density at radius 2 is 1.56 bits per heavy atom. The SMILES string of the molecule is COC(=O)C(C)CN(Cc1ccc(C)cc1)C(=O)/C=C/c1ccc(C)cc1. The van der Waals surface area contributed by atoms with Gasteiger partial charge in [0.1, 0.15) is 0 Å². The average molecular weight is 365 g/mol. The molecule has 0 aliphatic carbocycles. The number of carbonyl (C=O) groups is 2. The van der Waals surface area contributed by atoms with Gasteiger partial charge in [0.05, 0.1) is 13.0 Å². The second-order valence-corrected chi connectivity index (χ2v) is 6.87. The van der Waals surface area contributed by atoms with Gasteiger partial charge in [0.2, 0.25) is 5.91 Å². The van der Waals surface area contributed by atoms with Crippen LogP contribution >= 0.6 is 0 Å². The molecular formula is C23H27NO3. The maximum Gasteiger partial charge on any atom is 0.310 e. The van der Waals surface area contributed by atoms with Crippen LogP contribution in [0.4, 0.5) is 0 Å². The van der Waals surface area contributed by atoms with Crippen LogP contribution in [0.25, 0.3) is 6.08 Å². The van der Waals surface area contributed by atoms with Crippen LogP contribution in [0, 0.1) is 19.8 Å². The first-order valence-electron chi connectivity index (χ1n) is 9.06. The van der Waals surface area contributed by atoms with Gasteiger partial charge in [0.15, 0.2) is 0 Å². The third-order valence-electron chi connectivity index (χ3n) is 4.40. The number of esters is 1. The number of rotatable bonds is 7. The van der Waals surface area contributed by atoms with Crippen LogP contribution in [0.1, 0.15) is 29.2 Å². The predicted octanol–water partition coefficient (Wildman–Crippen LogP) is 4.15. The number of methoxy groups -OCH3 is 1. The van der Waals surface area contributed by atoms with E-state index in [1.54, 1.807) is 24.0 Å². The van der Waals surface area contributed by atoms with Crippen LogP contribution in [-0.2, 0) is 20.9 Å². The molecule has 0 bridgehead atoms. The molecule has 4 nitrogen and oxygen atoms in total. The minimum Gasteiger partial charge on any atom is -0.469 e. The maximum absolute atomic E-state index is 12.8. The van der Waals surface area contributed by atoms with Crippen molar-refractivity contribution in [2.45, 2.75) is 27.3 Å². The molecule has 0 N–H and O–H groups in total. The van der Waals surface area contributed by atoms with E-state index in [-0.39, 0.29) is 11.9 Å². The fourth-order valence-electron chi connectivity index (χ4n) is 2.70. The van der Waals surface area contributed by atoms with Crippen molar-refractivity contribution < 1.29 is 14.3 Å². The van der Waals surface area contributed by atoms with Crippen molar-refractivity contribution in [1.29, 1.82) is 0 Å². The van der Waals surface area contributed by atoms with Gasteiger partial charge < -0.3 is 9.64 Å². The molecule has 1 atom stereocenters. The largest absolute Gasteiger partial charge is 0.469 e. The Morgan fingerprint density at radius 1 is 1.00 bits per heavy atom. The third-order valence-corrected chi connectivity index (χ3v) is 4.40. The van der Waals surface area contributed by atoms with Crippen molar-refractivity contribution in [3.8, 4) is 0 Å². The molecule has 0 radical (unpaired) electrons. The number of hydrogen-bond donors (Lipinski definition) is 0. The smallest absolute Gasteiger partial charge is 0.310 e. The minimum atomic E-state index is -0.392. The quantitative estimate of drug-likeness (QED) is 0.547. The first-order chi connectivity index (χ1) is 12.9. The number of ether oxygens (including phenoxy) is 1. The van der Waals surface area contributed by atoms with Gasteiger partial charge in [-0.3, -0.25) is 9.59 Å². The van der Waals surface area contributed by atoms with Crippen LogP contribution in [-0.4, -0.2) is 30.4 Å². The first-order valence-corrected chi connectivity index (χ1v) is 9.06. The van der Waals surface area contributed by atoms with Gasteiger partial charge in [-0.2, -0.15) is 0 Å². The van der Waals surface area contributed by atoms with Gasteiger partial charge in [-0.15, -0.1) is 0 Å². The van der Waals surface area contributed by atoms with E-state index in [0.717, 1.165) is 11.1 Å². The molecule has 0 aliphatic heterocycles. The number of aryl methyl sites for hydroxylation is 2.